The van der Waals surface area contributed by atoms with Gasteiger partial charge in [0.25, 0.3) is 0 Å². The number of aromatic nitrogens is 2. The Balaban J connectivity index is 2.23. The second-order valence-electron chi connectivity index (χ2n) is 10.4. The summed E-state index contributed by atoms with van der Waals surface area (Å²) < 4.78 is 84.4. The standard InChI is InChI=1S/C30H36F5N5O4/c1-15(8-10-37-4)11-16(2)44-28-20(14-41)26(39-13-18-7-6-9-38-25(18)29(42)43-5)24(32)27(40-28)19-12-21(36)23(31)17(3)22(19)30(33,34)35/h6-7,9,12,15-16,37,41H,8,10-11,13-14,36H2,1-5H3,(H,39,40). The van der Waals surface area contributed by atoms with E-state index in [9.17, 15) is 27.5 Å². The third-order valence-electron chi connectivity index (χ3n) is 7.08. The maximum absolute atomic E-state index is 16.3. The molecule has 2 aromatic heterocycles. The largest absolute Gasteiger partial charge is 0.474 e. The Morgan fingerprint density at radius 3 is 2.52 bits per heavy atom. The van der Waals surface area contributed by atoms with E-state index in [0.29, 0.717) is 12.5 Å². The first-order chi connectivity index (χ1) is 20.7. The van der Waals surface area contributed by atoms with Crippen LogP contribution in [-0.2, 0) is 24.1 Å². The highest BCUT2D eigenvalue weighted by Gasteiger charge is 2.39. The molecular formula is C30H36F5N5O4. The van der Waals surface area contributed by atoms with Gasteiger partial charge in [-0.25, -0.2) is 23.5 Å². The maximum atomic E-state index is 16.3. The highest BCUT2D eigenvalue weighted by molar-refractivity contribution is 5.88. The summed E-state index contributed by atoms with van der Waals surface area (Å²) in [5, 5.41) is 16.1. The van der Waals surface area contributed by atoms with Crippen LogP contribution in [0.1, 0.15) is 59.4 Å². The number of nitrogens with zero attached hydrogens (tertiary/aromatic N) is 2. The number of ether oxygens (including phenoxy) is 2. The minimum atomic E-state index is -5.10. The van der Waals surface area contributed by atoms with Crippen molar-refractivity contribution in [2.45, 2.75) is 59.0 Å². The van der Waals surface area contributed by atoms with Crippen LogP contribution in [0.4, 0.5) is 33.3 Å². The van der Waals surface area contributed by atoms with Crippen LogP contribution < -0.4 is 21.1 Å². The fourth-order valence-electron chi connectivity index (χ4n) is 4.91. The molecule has 0 aliphatic rings. The lowest BCUT2D eigenvalue weighted by Crippen LogP contribution is -2.21. The monoisotopic (exact) mass is 625 g/mol. The highest BCUT2D eigenvalue weighted by Crippen LogP contribution is 2.44. The van der Waals surface area contributed by atoms with Gasteiger partial charge in [0.15, 0.2) is 11.5 Å². The number of anilines is 2. The Morgan fingerprint density at radius 2 is 1.91 bits per heavy atom. The predicted molar refractivity (Wildman–Crippen MR) is 155 cm³/mol. The maximum Gasteiger partial charge on any atom is 0.417 e. The van der Waals surface area contributed by atoms with E-state index in [2.05, 4.69) is 20.6 Å². The number of aliphatic hydroxyl groups excluding tert-OH is 1. The molecule has 1 aromatic carbocycles. The number of hydrogen-bond acceptors (Lipinski definition) is 9. The van der Waals surface area contributed by atoms with Crippen LogP contribution in [0.2, 0.25) is 0 Å². The second kappa shape index (κ2) is 14.6. The van der Waals surface area contributed by atoms with Gasteiger partial charge in [0, 0.05) is 23.9 Å². The summed E-state index contributed by atoms with van der Waals surface area (Å²) in [6.07, 6.45) is -2.98. The van der Waals surface area contributed by atoms with Gasteiger partial charge >= 0.3 is 12.1 Å². The number of nitrogens with one attached hydrogen (secondary N) is 2. The first-order valence-corrected chi connectivity index (χ1v) is 13.8. The molecule has 0 aliphatic carbocycles. The third-order valence-corrected chi connectivity index (χ3v) is 7.08. The summed E-state index contributed by atoms with van der Waals surface area (Å²) >= 11 is 0. The number of esters is 1. The van der Waals surface area contributed by atoms with E-state index in [-0.39, 0.29) is 35.2 Å². The summed E-state index contributed by atoms with van der Waals surface area (Å²) in [5.41, 5.74) is 0.705. The van der Waals surface area contributed by atoms with Crippen molar-refractivity contribution in [3.63, 3.8) is 0 Å². The van der Waals surface area contributed by atoms with Gasteiger partial charge in [-0.05, 0) is 63.9 Å². The van der Waals surface area contributed by atoms with Gasteiger partial charge in [0.1, 0.15) is 11.5 Å². The van der Waals surface area contributed by atoms with Crippen LogP contribution in [0.25, 0.3) is 11.3 Å². The van der Waals surface area contributed by atoms with Crippen LogP contribution in [0.3, 0.4) is 0 Å². The van der Waals surface area contributed by atoms with Gasteiger partial charge in [0.2, 0.25) is 5.88 Å². The van der Waals surface area contributed by atoms with Crippen LogP contribution in [-0.4, -0.2) is 47.8 Å². The number of halogens is 5. The number of carbonyl (C=O) groups is 1. The summed E-state index contributed by atoms with van der Waals surface area (Å²) in [7, 11) is 2.98. The van der Waals surface area contributed by atoms with Crippen LogP contribution >= 0.6 is 0 Å². The Labute approximate surface area is 252 Å². The zero-order valence-corrected chi connectivity index (χ0v) is 25.0. The van der Waals surface area contributed by atoms with Gasteiger partial charge in [-0.1, -0.05) is 13.0 Å². The fraction of sp³-hybridized carbons (Fsp3) is 0.433. The topological polar surface area (TPSA) is 132 Å². The molecular weight excluding hydrogens is 589 g/mol. The molecule has 240 valence electrons. The van der Waals surface area contributed by atoms with Crippen LogP contribution in [0, 0.1) is 24.5 Å². The van der Waals surface area contributed by atoms with E-state index < -0.39 is 70.2 Å². The number of methoxy groups -OCH3 is 1. The molecule has 2 unspecified atom stereocenters. The molecule has 5 N–H and O–H groups in total. The summed E-state index contributed by atoms with van der Waals surface area (Å²) in [6.45, 7) is 4.29. The number of aliphatic hydroxyl groups is 1. The molecule has 14 heteroatoms. The molecule has 0 aliphatic heterocycles. The van der Waals surface area contributed by atoms with Gasteiger partial charge in [-0.15, -0.1) is 0 Å². The molecule has 0 radical (unpaired) electrons. The number of carbonyl (C=O) groups excluding carboxylic acids is 1. The van der Waals surface area contributed by atoms with Crippen molar-refractivity contribution in [1.29, 1.82) is 0 Å². The molecule has 0 saturated heterocycles. The average molecular weight is 626 g/mol. The number of benzene rings is 1. The third kappa shape index (κ3) is 7.72. The SMILES string of the molecule is CNCCC(C)CC(C)Oc1nc(-c2cc(N)c(F)c(C)c2C(F)(F)F)c(F)c(NCc2cccnc2C(=O)OC)c1CO. The molecule has 0 spiro atoms. The van der Waals surface area contributed by atoms with E-state index in [1.165, 1.54) is 18.3 Å². The van der Waals surface area contributed by atoms with Crippen molar-refractivity contribution >= 4 is 17.3 Å². The molecule has 0 fully saturated rings. The van der Waals surface area contributed by atoms with Crippen LogP contribution in [0.15, 0.2) is 24.4 Å². The first-order valence-electron chi connectivity index (χ1n) is 13.8. The van der Waals surface area contributed by atoms with Crippen molar-refractivity contribution in [2.24, 2.45) is 5.92 Å². The Morgan fingerprint density at radius 1 is 1.20 bits per heavy atom. The average Bonchev–Trinajstić information content (AvgIpc) is 2.97. The number of nitrogens with two attached hydrogens (primary N) is 1. The van der Waals surface area contributed by atoms with Crippen molar-refractivity contribution in [1.82, 2.24) is 15.3 Å². The smallest absolute Gasteiger partial charge is 0.417 e. The molecule has 3 aromatic rings. The number of pyridine rings is 2. The normalized spacial score (nSPS) is 13.0. The summed E-state index contributed by atoms with van der Waals surface area (Å²) in [6, 6.07) is 3.71. The number of nitrogen functional groups attached to an aromatic ring is 1. The van der Waals surface area contributed by atoms with Crippen LogP contribution in [0.5, 0.6) is 5.88 Å². The minimum Gasteiger partial charge on any atom is -0.474 e. The zero-order valence-electron chi connectivity index (χ0n) is 25.0. The Bertz CT molecular complexity index is 1490. The molecule has 2 heterocycles. The minimum absolute atomic E-state index is 0.0790. The van der Waals surface area contributed by atoms with Crippen molar-refractivity contribution in [3.05, 3.63) is 64.0 Å². The molecule has 44 heavy (non-hydrogen) atoms. The molecule has 2 atom stereocenters. The molecule has 0 bridgehead atoms. The van der Waals surface area contributed by atoms with Crippen molar-refractivity contribution in [3.8, 4) is 17.1 Å². The van der Waals surface area contributed by atoms with Gasteiger partial charge in [-0.3, -0.25) is 0 Å². The lowest BCUT2D eigenvalue weighted by atomic mass is 9.95. The zero-order chi connectivity index (χ0) is 32.8. The second-order valence-corrected chi connectivity index (χ2v) is 10.4. The van der Waals surface area contributed by atoms with E-state index in [0.717, 1.165) is 27.0 Å². The van der Waals surface area contributed by atoms with Gasteiger partial charge < -0.3 is 30.9 Å². The van der Waals surface area contributed by atoms with Crippen molar-refractivity contribution < 1.29 is 41.3 Å². The van der Waals surface area contributed by atoms with E-state index >= 15 is 4.39 Å². The summed E-state index contributed by atoms with van der Waals surface area (Å²) in [5.74, 6) is -3.49. The molecule has 0 amide bonds. The Hall–Kier alpha value is -4.04. The highest BCUT2D eigenvalue weighted by atomic mass is 19.4. The Kier molecular flexibility index (Phi) is 11.4. The fourth-order valence-corrected chi connectivity index (χ4v) is 4.91. The van der Waals surface area contributed by atoms with Gasteiger partial charge in [0.05, 0.1) is 42.3 Å². The number of rotatable bonds is 13. The molecule has 3 rings (SSSR count). The lowest BCUT2D eigenvalue weighted by Gasteiger charge is -2.24. The molecule has 9 nitrogen and oxygen atoms in total. The van der Waals surface area contributed by atoms with E-state index in [1.54, 1.807) is 6.92 Å². The van der Waals surface area contributed by atoms with Crippen molar-refractivity contribution in [2.75, 3.05) is 31.8 Å². The number of alkyl halides is 3. The van der Waals surface area contributed by atoms with E-state index in [1.807, 2.05) is 14.0 Å². The van der Waals surface area contributed by atoms with Gasteiger partial charge in [-0.2, -0.15) is 13.2 Å². The van der Waals surface area contributed by atoms with E-state index in [4.69, 9.17) is 15.2 Å². The summed E-state index contributed by atoms with van der Waals surface area (Å²) in [4.78, 5) is 20.3. The molecule has 0 saturated carbocycles. The number of hydrogen-bond donors (Lipinski definition) is 4. The quantitative estimate of drug-likeness (QED) is 0.109. The predicted octanol–water partition coefficient (Wildman–Crippen LogP) is 5.63. The first kappa shape index (κ1) is 34.5. The lowest BCUT2D eigenvalue weighted by molar-refractivity contribution is -0.137.